The van der Waals surface area contributed by atoms with Crippen molar-refractivity contribution in [3.05, 3.63) is 52.0 Å². The zero-order valence-corrected chi connectivity index (χ0v) is 19.3. The van der Waals surface area contributed by atoms with Crippen molar-refractivity contribution in [1.29, 1.82) is 0 Å². The van der Waals surface area contributed by atoms with Crippen LogP contribution in [0.1, 0.15) is 31.1 Å². The summed E-state index contributed by atoms with van der Waals surface area (Å²) in [5, 5.41) is 23.2. The Morgan fingerprint density at radius 1 is 1.20 bits per heavy atom. The van der Waals surface area contributed by atoms with Crippen LogP contribution in [-0.2, 0) is 11.3 Å². The number of rotatable bonds is 10. The Balaban J connectivity index is 2.08. The van der Waals surface area contributed by atoms with Crippen LogP contribution in [0.2, 0.25) is 0 Å². The van der Waals surface area contributed by atoms with Crippen molar-refractivity contribution < 1.29 is 24.5 Å². The maximum absolute atomic E-state index is 11.8. The first-order valence-corrected chi connectivity index (χ1v) is 10.5. The van der Waals surface area contributed by atoms with Crippen LogP contribution in [0.4, 0.5) is 0 Å². The molecule has 7 nitrogen and oxygen atoms in total. The van der Waals surface area contributed by atoms with Gasteiger partial charge in [-0.1, -0.05) is 12.1 Å². The second kappa shape index (κ2) is 11.2. The average molecular weight is 481 g/mol. The Hall–Kier alpha value is -2.29. The van der Waals surface area contributed by atoms with Gasteiger partial charge < -0.3 is 29.9 Å². The van der Waals surface area contributed by atoms with Crippen molar-refractivity contribution in [3.63, 3.8) is 0 Å². The fraction of sp³-hybridized carbons (Fsp3) is 0.409. The van der Waals surface area contributed by atoms with E-state index >= 15 is 0 Å². The number of carbonyl (C=O) groups is 1. The Labute approximate surface area is 185 Å². The number of carbonyl (C=O) groups excluding carboxylic acids is 1. The highest BCUT2D eigenvalue weighted by molar-refractivity contribution is 9.10. The van der Waals surface area contributed by atoms with Gasteiger partial charge in [0.25, 0.3) is 5.91 Å². The van der Waals surface area contributed by atoms with E-state index in [1.165, 1.54) is 4.90 Å². The van der Waals surface area contributed by atoms with Crippen LogP contribution in [0.25, 0.3) is 0 Å². The highest BCUT2D eigenvalue weighted by atomic mass is 79.9. The average Bonchev–Trinajstić information content (AvgIpc) is 2.71. The van der Waals surface area contributed by atoms with Gasteiger partial charge in [-0.2, -0.15) is 0 Å². The minimum atomic E-state index is -0.722. The van der Waals surface area contributed by atoms with Crippen LogP contribution in [0, 0.1) is 0 Å². The standard InChI is InChI=1S/C22H29BrN2O5/c1-5-29-19-11-15(10-18(23)22(19)30-13-20(27)25(3)4)12-24-14(2)21(28)16-6-8-17(26)9-7-16/h6-11,14,21,24,26,28H,5,12-13H2,1-4H3/t14-,21+/m0/s1. The smallest absolute Gasteiger partial charge is 0.259 e. The molecule has 2 rings (SSSR count). The number of nitrogens with zero attached hydrogens (tertiary/aromatic N) is 1. The largest absolute Gasteiger partial charge is 0.508 e. The second-order valence-electron chi connectivity index (χ2n) is 7.12. The number of phenolic OH excluding ortho intramolecular Hbond substituents is 1. The van der Waals surface area contributed by atoms with Crippen LogP contribution in [0.15, 0.2) is 40.9 Å². The molecule has 30 heavy (non-hydrogen) atoms. The van der Waals surface area contributed by atoms with Gasteiger partial charge in [0, 0.05) is 26.7 Å². The number of aliphatic hydroxyl groups is 1. The number of benzene rings is 2. The van der Waals surface area contributed by atoms with Crippen LogP contribution in [0.5, 0.6) is 17.2 Å². The maximum Gasteiger partial charge on any atom is 0.259 e. The number of hydrogen-bond acceptors (Lipinski definition) is 6. The van der Waals surface area contributed by atoms with Crippen molar-refractivity contribution in [2.45, 2.75) is 32.5 Å². The molecule has 0 fully saturated rings. The summed E-state index contributed by atoms with van der Waals surface area (Å²) in [4.78, 5) is 13.3. The van der Waals surface area contributed by atoms with E-state index < -0.39 is 6.10 Å². The van der Waals surface area contributed by atoms with E-state index in [4.69, 9.17) is 9.47 Å². The van der Waals surface area contributed by atoms with Crippen LogP contribution in [-0.4, -0.2) is 54.4 Å². The molecule has 0 unspecified atom stereocenters. The minimum absolute atomic E-state index is 0.0842. The summed E-state index contributed by atoms with van der Waals surface area (Å²) in [6.45, 7) is 4.63. The molecule has 3 N–H and O–H groups in total. The third-order valence-electron chi connectivity index (χ3n) is 4.54. The molecule has 0 aliphatic heterocycles. The number of amides is 1. The lowest BCUT2D eigenvalue weighted by molar-refractivity contribution is -0.130. The highest BCUT2D eigenvalue weighted by Crippen LogP contribution is 2.37. The van der Waals surface area contributed by atoms with E-state index in [1.807, 2.05) is 26.0 Å². The fourth-order valence-electron chi connectivity index (χ4n) is 2.74. The molecule has 0 aliphatic carbocycles. The molecule has 2 aromatic rings. The third-order valence-corrected chi connectivity index (χ3v) is 5.13. The second-order valence-corrected chi connectivity index (χ2v) is 7.98. The van der Waals surface area contributed by atoms with E-state index in [-0.39, 0.29) is 24.3 Å². The van der Waals surface area contributed by atoms with E-state index in [1.54, 1.807) is 38.4 Å². The summed E-state index contributed by atoms with van der Waals surface area (Å²) in [6.07, 6.45) is -0.722. The SMILES string of the molecule is CCOc1cc(CN[C@@H](C)[C@@H](O)c2ccc(O)cc2)cc(Br)c1OCC(=O)N(C)C. The zero-order valence-electron chi connectivity index (χ0n) is 17.7. The molecule has 164 valence electrons. The van der Waals surface area contributed by atoms with E-state index in [0.717, 1.165) is 11.1 Å². The molecule has 0 bridgehead atoms. The van der Waals surface area contributed by atoms with Crippen LogP contribution in [0.3, 0.4) is 0 Å². The number of hydrogen-bond donors (Lipinski definition) is 3. The number of aliphatic hydroxyl groups excluding tert-OH is 1. The van der Waals surface area contributed by atoms with Crippen LogP contribution < -0.4 is 14.8 Å². The first kappa shape index (κ1) is 24.0. The number of nitrogens with one attached hydrogen (secondary N) is 1. The van der Waals surface area contributed by atoms with Crippen molar-refractivity contribution in [3.8, 4) is 17.2 Å². The zero-order chi connectivity index (χ0) is 22.3. The lowest BCUT2D eigenvalue weighted by Crippen LogP contribution is -2.31. The number of halogens is 1. The Morgan fingerprint density at radius 3 is 2.47 bits per heavy atom. The van der Waals surface area contributed by atoms with Crippen molar-refractivity contribution >= 4 is 21.8 Å². The summed E-state index contributed by atoms with van der Waals surface area (Å²) in [5.41, 5.74) is 1.65. The van der Waals surface area contributed by atoms with Crippen LogP contribution >= 0.6 is 15.9 Å². The molecular weight excluding hydrogens is 452 g/mol. The summed E-state index contributed by atoms with van der Waals surface area (Å²) in [7, 11) is 3.35. The van der Waals surface area contributed by atoms with Gasteiger partial charge in [0.05, 0.1) is 17.2 Å². The van der Waals surface area contributed by atoms with Crippen molar-refractivity contribution in [2.24, 2.45) is 0 Å². The monoisotopic (exact) mass is 480 g/mol. The molecule has 0 saturated heterocycles. The summed E-state index contributed by atoms with van der Waals surface area (Å²) < 4.78 is 12.1. The third kappa shape index (κ3) is 6.62. The van der Waals surface area contributed by atoms with Gasteiger partial charge in [-0.15, -0.1) is 0 Å². The summed E-state index contributed by atoms with van der Waals surface area (Å²) >= 11 is 3.50. The summed E-state index contributed by atoms with van der Waals surface area (Å²) in [5.74, 6) is 1.04. The molecule has 1 amide bonds. The molecular formula is C22H29BrN2O5. The number of ether oxygens (including phenoxy) is 2. The molecule has 0 spiro atoms. The lowest BCUT2D eigenvalue weighted by atomic mass is 10.0. The van der Waals surface area contributed by atoms with Gasteiger partial charge in [0.2, 0.25) is 0 Å². The maximum atomic E-state index is 11.8. The molecule has 2 atom stereocenters. The highest BCUT2D eigenvalue weighted by Gasteiger charge is 2.18. The number of aromatic hydroxyl groups is 1. The number of phenols is 1. The quantitative estimate of drug-likeness (QED) is 0.483. The van der Waals surface area contributed by atoms with E-state index in [2.05, 4.69) is 21.2 Å². The van der Waals surface area contributed by atoms with Crippen molar-refractivity contribution in [1.82, 2.24) is 10.2 Å². The fourth-order valence-corrected chi connectivity index (χ4v) is 3.34. The van der Waals surface area contributed by atoms with E-state index in [0.29, 0.717) is 29.1 Å². The molecule has 2 aromatic carbocycles. The van der Waals surface area contributed by atoms with Gasteiger partial charge in [-0.3, -0.25) is 4.79 Å². The topological polar surface area (TPSA) is 91.3 Å². The molecule has 0 aliphatic rings. The predicted octanol–water partition coefficient (Wildman–Crippen LogP) is 3.23. The Kier molecular flexibility index (Phi) is 8.95. The Morgan fingerprint density at radius 2 is 1.87 bits per heavy atom. The molecule has 8 heteroatoms. The molecule has 0 heterocycles. The summed E-state index contributed by atoms with van der Waals surface area (Å²) in [6, 6.07) is 10.0. The predicted molar refractivity (Wildman–Crippen MR) is 119 cm³/mol. The van der Waals surface area contributed by atoms with Gasteiger partial charge in [-0.05, 0) is 65.2 Å². The van der Waals surface area contributed by atoms with Crippen molar-refractivity contribution in [2.75, 3.05) is 27.3 Å². The lowest BCUT2D eigenvalue weighted by Gasteiger charge is -2.22. The van der Waals surface area contributed by atoms with Gasteiger partial charge >= 0.3 is 0 Å². The number of likely N-dealkylation sites (N-methyl/N-ethyl adjacent to an activating group) is 1. The van der Waals surface area contributed by atoms with Gasteiger partial charge in [0.15, 0.2) is 18.1 Å². The Bertz CT molecular complexity index is 842. The minimum Gasteiger partial charge on any atom is -0.508 e. The molecule has 0 radical (unpaired) electrons. The first-order chi connectivity index (χ1) is 14.2. The van der Waals surface area contributed by atoms with Gasteiger partial charge in [0.1, 0.15) is 5.75 Å². The van der Waals surface area contributed by atoms with Gasteiger partial charge in [-0.25, -0.2) is 0 Å². The first-order valence-electron chi connectivity index (χ1n) is 9.71. The molecule has 0 saturated carbocycles. The molecule has 0 aromatic heterocycles. The normalized spacial score (nSPS) is 12.9. The van der Waals surface area contributed by atoms with E-state index in [9.17, 15) is 15.0 Å².